The zero-order valence-corrected chi connectivity index (χ0v) is 23.7. The highest BCUT2D eigenvalue weighted by molar-refractivity contribution is 7.91. The van der Waals surface area contributed by atoms with Crippen LogP contribution in [0.15, 0.2) is 33.3 Å². The number of nitrogens with zero attached hydrogens (tertiary/aromatic N) is 3. The lowest BCUT2D eigenvalue weighted by Gasteiger charge is -2.27. The highest BCUT2D eigenvalue weighted by atomic mass is 35.5. The molecule has 0 saturated carbocycles. The van der Waals surface area contributed by atoms with E-state index in [2.05, 4.69) is 9.38 Å². The number of ether oxygens (including phenoxy) is 1. The van der Waals surface area contributed by atoms with Crippen LogP contribution >= 0.6 is 22.9 Å². The number of carbonyl (C=O) groups excluding carboxylic acids is 1. The Labute approximate surface area is 218 Å². The van der Waals surface area contributed by atoms with Gasteiger partial charge in [-0.2, -0.15) is 0 Å². The van der Waals surface area contributed by atoms with E-state index in [4.69, 9.17) is 20.8 Å². The number of anilines is 1. The minimum absolute atomic E-state index is 0.104. The molecule has 3 heterocycles. The fourth-order valence-corrected chi connectivity index (χ4v) is 5.36. The van der Waals surface area contributed by atoms with Gasteiger partial charge in [0.25, 0.3) is 0 Å². The second-order valence-electron chi connectivity index (χ2n) is 10.3. The monoisotopic (exact) mass is 537 g/mol. The Morgan fingerprint density at radius 2 is 2.06 bits per heavy atom. The van der Waals surface area contributed by atoms with Gasteiger partial charge in [0.2, 0.25) is 0 Å². The lowest BCUT2D eigenvalue weighted by Crippen LogP contribution is -2.36. The van der Waals surface area contributed by atoms with Crippen LogP contribution < -0.4 is 4.90 Å². The first kappa shape index (κ1) is 27.5. The predicted molar refractivity (Wildman–Crippen MR) is 145 cm³/mol. The van der Waals surface area contributed by atoms with Crippen molar-refractivity contribution in [3.8, 4) is 0 Å². The Morgan fingerprint density at radius 3 is 2.63 bits per heavy atom. The molecule has 3 aromatic heterocycles. The molecule has 0 N–H and O–H groups in total. The maximum Gasteiger partial charge on any atom is 0.415 e. The molecule has 7 nitrogen and oxygen atoms in total. The van der Waals surface area contributed by atoms with Gasteiger partial charge in [0.05, 0.1) is 34.9 Å². The van der Waals surface area contributed by atoms with Gasteiger partial charge in [-0.25, -0.2) is 9.78 Å². The van der Waals surface area contributed by atoms with E-state index < -0.39 is 27.8 Å². The maximum atomic E-state index is 13.3. The molecule has 0 bridgehead atoms. The molecule has 35 heavy (non-hydrogen) atoms. The van der Waals surface area contributed by atoms with E-state index in [1.807, 2.05) is 55.4 Å². The maximum absolute atomic E-state index is 13.3. The van der Waals surface area contributed by atoms with E-state index in [1.165, 1.54) is 16.2 Å². The lowest BCUT2D eigenvalue weighted by atomic mass is 10.1. The van der Waals surface area contributed by atoms with Crippen LogP contribution in [0, 0.1) is 6.92 Å². The van der Waals surface area contributed by atoms with Crippen LogP contribution in [0.3, 0.4) is 0 Å². The summed E-state index contributed by atoms with van der Waals surface area (Å²) in [5.74, 6) is 0.503. The number of rotatable bonds is 6. The van der Waals surface area contributed by atoms with Gasteiger partial charge in [0, 0.05) is 16.9 Å². The third kappa shape index (κ3) is 6.78. The molecular weight excluding hydrogens is 506 g/mol. The largest absolute Gasteiger partial charge is 0.591 e. The molecule has 190 valence electrons. The number of halogens is 1. The van der Waals surface area contributed by atoms with Crippen molar-refractivity contribution in [2.24, 2.45) is 4.40 Å². The average molecular weight is 538 g/mol. The lowest BCUT2D eigenvalue weighted by molar-refractivity contribution is 0.0575. The number of thiophene rings is 1. The highest BCUT2D eigenvalue weighted by Crippen LogP contribution is 2.41. The number of hydrogen-bond donors (Lipinski definition) is 0. The van der Waals surface area contributed by atoms with Gasteiger partial charge < -0.3 is 13.7 Å². The number of furan rings is 1. The number of aromatic nitrogens is 1. The Kier molecular flexibility index (Phi) is 8.26. The van der Waals surface area contributed by atoms with E-state index in [0.717, 1.165) is 15.1 Å². The van der Waals surface area contributed by atoms with E-state index in [9.17, 15) is 9.35 Å². The molecule has 2 atom stereocenters. The van der Waals surface area contributed by atoms with Crippen LogP contribution in [-0.4, -0.2) is 32.2 Å². The van der Waals surface area contributed by atoms with Crippen molar-refractivity contribution >= 4 is 62.5 Å². The summed E-state index contributed by atoms with van der Waals surface area (Å²) in [4.78, 5) is 20.4. The van der Waals surface area contributed by atoms with Gasteiger partial charge in [0.15, 0.2) is 0 Å². The van der Waals surface area contributed by atoms with Crippen molar-refractivity contribution in [2.75, 3.05) is 4.90 Å². The molecule has 0 spiro atoms. The third-order valence-electron chi connectivity index (χ3n) is 4.98. The summed E-state index contributed by atoms with van der Waals surface area (Å²) in [5.41, 5.74) is 1.56. The van der Waals surface area contributed by atoms with Crippen molar-refractivity contribution in [1.29, 1.82) is 0 Å². The Morgan fingerprint density at radius 1 is 1.37 bits per heavy atom. The summed E-state index contributed by atoms with van der Waals surface area (Å²) < 4.78 is 28.3. The topological polar surface area (TPSA) is 91.0 Å². The molecule has 0 aliphatic rings. The normalized spacial score (nSPS) is 14.5. The predicted octanol–water partition coefficient (Wildman–Crippen LogP) is 7.43. The molecule has 0 fully saturated rings. The fraction of sp³-hybridized carbons (Fsp3) is 0.480. The van der Waals surface area contributed by atoms with Crippen LogP contribution in [0.5, 0.6) is 0 Å². The summed E-state index contributed by atoms with van der Waals surface area (Å²) in [6.45, 7) is 15.3. The minimum Gasteiger partial charge on any atom is -0.591 e. The smallest absolute Gasteiger partial charge is 0.415 e. The summed E-state index contributed by atoms with van der Waals surface area (Å²) in [5, 5.41) is 0.267. The van der Waals surface area contributed by atoms with Gasteiger partial charge in [0.1, 0.15) is 32.6 Å². The van der Waals surface area contributed by atoms with Gasteiger partial charge in [-0.1, -0.05) is 22.9 Å². The zero-order chi connectivity index (χ0) is 26.1. The summed E-state index contributed by atoms with van der Waals surface area (Å²) >= 11 is 6.59. The summed E-state index contributed by atoms with van der Waals surface area (Å²) in [6.07, 6.45) is 2.77. The fourth-order valence-electron chi connectivity index (χ4n) is 3.28. The van der Waals surface area contributed by atoms with Gasteiger partial charge in [-0.15, -0.1) is 11.3 Å². The first-order chi connectivity index (χ1) is 16.2. The van der Waals surface area contributed by atoms with Crippen LogP contribution in [-0.2, 0) is 22.6 Å². The van der Waals surface area contributed by atoms with Gasteiger partial charge in [-0.3, -0.25) is 4.90 Å². The van der Waals surface area contributed by atoms with E-state index in [1.54, 1.807) is 30.7 Å². The Hall–Kier alpha value is -2.07. The first-order valence-electron chi connectivity index (χ1n) is 11.3. The molecule has 3 aromatic rings. The number of fused-ring (bicyclic) bond motifs is 1. The van der Waals surface area contributed by atoms with Crippen molar-refractivity contribution in [3.63, 3.8) is 0 Å². The average Bonchev–Trinajstić information content (AvgIpc) is 3.36. The molecule has 0 radical (unpaired) electrons. The van der Waals surface area contributed by atoms with Crippen LogP contribution in [0.4, 0.5) is 10.5 Å². The molecule has 2 unspecified atom stereocenters. The zero-order valence-electron chi connectivity index (χ0n) is 21.3. The molecule has 0 aliphatic carbocycles. The second kappa shape index (κ2) is 10.5. The third-order valence-corrected chi connectivity index (χ3v) is 8.03. The molecule has 0 aromatic carbocycles. The number of amides is 1. The van der Waals surface area contributed by atoms with Crippen molar-refractivity contribution in [2.45, 2.75) is 78.2 Å². The number of carbonyl (C=O) groups is 1. The van der Waals surface area contributed by atoms with Crippen molar-refractivity contribution < 1.29 is 18.5 Å². The molecular formula is C25H32ClN3O4S2. The van der Waals surface area contributed by atoms with Gasteiger partial charge >= 0.3 is 6.09 Å². The molecule has 1 amide bonds. The van der Waals surface area contributed by atoms with E-state index in [-0.39, 0.29) is 17.6 Å². The summed E-state index contributed by atoms with van der Waals surface area (Å²) in [7, 11) is 0. The van der Waals surface area contributed by atoms with Crippen molar-refractivity contribution in [1.82, 2.24) is 4.98 Å². The quantitative estimate of drug-likeness (QED) is 0.185. The van der Waals surface area contributed by atoms with Gasteiger partial charge in [-0.05, 0) is 66.2 Å². The Balaban J connectivity index is 2.09. The molecule has 3 rings (SSSR count). The van der Waals surface area contributed by atoms with Crippen LogP contribution in [0.1, 0.15) is 70.6 Å². The second-order valence-corrected chi connectivity index (χ2v) is 13.7. The highest BCUT2D eigenvalue weighted by Gasteiger charge is 2.29. The standard InChI is InChI=1S/C25H32ClN3O4S2/c1-15(13-27-35(31)25(6,7)8)21-16(2)20-22(34-21)18(12-19(26)28-20)29(14-17-10-9-11-32-17)23(30)33-24(3,4)5/h9-13,15H,14H2,1-8H3. The van der Waals surface area contributed by atoms with Crippen LogP contribution in [0.25, 0.3) is 10.2 Å². The number of pyridine rings is 1. The van der Waals surface area contributed by atoms with E-state index in [0.29, 0.717) is 17.0 Å². The Bertz CT molecular complexity index is 1210. The molecule has 10 heteroatoms. The summed E-state index contributed by atoms with van der Waals surface area (Å²) in [6, 6.07) is 5.24. The molecule has 0 saturated heterocycles. The SMILES string of the molecule is Cc1c(C(C)C=N[S+]([O-])C(C)(C)C)sc2c(N(Cc3ccco3)C(=O)OC(C)(C)C)cc(Cl)nc12. The van der Waals surface area contributed by atoms with E-state index >= 15 is 0 Å². The molecule has 0 aliphatic heterocycles. The first-order valence-corrected chi connectivity index (χ1v) is 13.6. The number of hydrogen-bond acceptors (Lipinski definition) is 7. The van der Waals surface area contributed by atoms with Crippen molar-refractivity contribution in [3.05, 3.63) is 45.8 Å². The number of aryl methyl sites for hydroxylation is 1. The minimum atomic E-state index is -1.35. The van der Waals surface area contributed by atoms with Crippen LogP contribution in [0.2, 0.25) is 5.15 Å².